The van der Waals surface area contributed by atoms with Gasteiger partial charge in [-0.05, 0) is 56.0 Å². The van der Waals surface area contributed by atoms with Crippen LogP contribution in [-0.2, 0) is 17.9 Å². The molecule has 0 spiro atoms. The lowest BCUT2D eigenvalue weighted by Crippen LogP contribution is -2.29. The number of hydrogen-bond donors (Lipinski definition) is 1. The van der Waals surface area contributed by atoms with E-state index in [1.807, 2.05) is 39.8 Å². The van der Waals surface area contributed by atoms with Gasteiger partial charge in [0.1, 0.15) is 12.2 Å². The molecule has 1 amide bonds. The van der Waals surface area contributed by atoms with Crippen LogP contribution >= 0.6 is 11.3 Å². The van der Waals surface area contributed by atoms with Crippen LogP contribution in [0.5, 0.6) is 0 Å². The second-order valence-electron chi connectivity index (χ2n) is 6.86. The predicted octanol–water partition coefficient (Wildman–Crippen LogP) is 3.78. The van der Waals surface area contributed by atoms with Gasteiger partial charge in [0.25, 0.3) is 0 Å². The molecule has 0 bridgehead atoms. The first-order valence-corrected chi connectivity index (χ1v) is 10.3. The zero-order chi connectivity index (χ0) is 19.5. The first-order chi connectivity index (χ1) is 13.6. The number of amides is 1. The van der Waals surface area contributed by atoms with E-state index in [0.717, 1.165) is 46.0 Å². The van der Waals surface area contributed by atoms with Crippen LogP contribution in [0.2, 0.25) is 0 Å². The third-order valence-electron chi connectivity index (χ3n) is 4.70. The van der Waals surface area contributed by atoms with Crippen molar-refractivity contribution in [2.24, 2.45) is 0 Å². The average molecular weight is 394 g/mol. The van der Waals surface area contributed by atoms with Crippen LogP contribution in [0.15, 0.2) is 48.0 Å². The average Bonchev–Trinajstić information content (AvgIpc) is 3.39. The summed E-state index contributed by atoms with van der Waals surface area (Å²) in [7, 11) is 0. The van der Waals surface area contributed by atoms with Gasteiger partial charge in [-0.15, -0.1) is 11.3 Å². The third kappa shape index (κ3) is 3.84. The molecule has 0 saturated heterocycles. The van der Waals surface area contributed by atoms with E-state index in [9.17, 15) is 4.79 Å². The van der Waals surface area contributed by atoms with E-state index in [4.69, 9.17) is 0 Å². The molecule has 0 aliphatic rings. The van der Waals surface area contributed by atoms with E-state index in [-0.39, 0.29) is 12.5 Å². The molecule has 28 heavy (non-hydrogen) atoms. The molecular weight excluding hydrogens is 370 g/mol. The summed E-state index contributed by atoms with van der Waals surface area (Å²) in [6.07, 6.45) is 2.61. The molecule has 4 rings (SSSR count). The number of nitrogens with zero attached hydrogens (tertiary/aromatic N) is 4. The number of fused-ring (bicyclic) bond motifs is 1. The Morgan fingerprint density at radius 1 is 1.21 bits per heavy atom. The normalized spacial score (nSPS) is 11.2. The number of thiophene rings is 1. The van der Waals surface area contributed by atoms with Gasteiger partial charge in [0, 0.05) is 30.4 Å². The highest BCUT2D eigenvalue weighted by Crippen LogP contribution is 2.30. The van der Waals surface area contributed by atoms with Gasteiger partial charge < -0.3 is 9.88 Å². The molecule has 6 nitrogen and oxygen atoms in total. The van der Waals surface area contributed by atoms with Crippen LogP contribution in [0.3, 0.4) is 0 Å². The smallest absolute Gasteiger partial charge is 0.240 e. The van der Waals surface area contributed by atoms with Crippen LogP contribution in [0.4, 0.5) is 0 Å². The third-order valence-corrected chi connectivity index (χ3v) is 5.60. The van der Waals surface area contributed by atoms with Crippen molar-refractivity contribution < 1.29 is 4.79 Å². The van der Waals surface area contributed by atoms with E-state index in [1.54, 1.807) is 17.5 Å². The molecule has 0 radical (unpaired) electrons. The molecule has 0 aliphatic carbocycles. The molecule has 1 N–H and O–H groups in total. The van der Waals surface area contributed by atoms with Crippen molar-refractivity contribution in [3.8, 4) is 10.6 Å². The fourth-order valence-electron chi connectivity index (χ4n) is 3.43. The standard InChI is InChI=1S/C21H23N5OS/c1-15-12-16(2)26(24-15)10-5-9-22-20(27)14-25-18(19-7-4-11-28-19)13-17-6-3-8-23-21(17)25/h3-4,6-8,11-13H,5,9-10,14H2,1-2H3,(H,22,27). The van der Waals surface area contributed by atoms with Gasteiger partial charge in [-0.3, -0.25) is 9.48 Å². The van der Waals surface area contributed by atoms with E-state index >= 15 is 0 Å². The van der Waals surface area contributed by atoms with Gasteiger partial charge in [-0.25, -0.2) is 4.98 Å². The van der Waals surface area contributed by atoms with E-state index < -0.39 is 0 Å². The molecular formula is C21H23N5OS. The SMILES string of the molecule is Cc1cc(C)n(CCCNC(=O)Cn2c(-c3cccs3)cc3cccnc32)n1. The summed E-state index contributed by atoms with van der Waals surface area (Å²) in [6, 6.07) is 12.2. The maximum atomic E-state index is 12.6. The molecule has 0 saturated carbocycles. The minimum Gasteiger partial charge on any atom is -0.354 e. The van der Waals surface area contributed by atoms with E-state index in [2.05, 4.69) is 40.5 Å². The summed E-state index contributed by atoms with van der Waals surface area (Å²) in [6.45, 7) is 5.72. The first kappa shape index (κ1) is 18.4. The Bertz CT molecular complexity index is 1090. The molecule has 4 aromatic rings. The second-order valence-corrected chi connectivity index (χ2v) is 7.81. The molecule has 144 valence electrons. The monoisotopic (exact) mass is 393 g/mol. The van der Waals surface area contributed by atoms with Crippen LogP contribution in [0.25, 0.3) is 21.6 Å². The molecule has 4 heterocycles. The summed E-state index contributed by atoms with van der Waals surface area (Å²) >= 11 is 1.66. The Labute approximate surface area is 167 Å². The van der Waals surface area contributed by atoms with Crippen LogP contribution in [0.1, 0.15) is 17.8 Å². The lowest BCUT2D eigenvalue weighted by atomic mass is 10.3. The summed E-state index contributed by atoms with van der Waals surface area (Å²) in [5, 5.41) is 10.6. The van der Waals surface area contributed by atoms with E-state index in [1.165, 1.54) is 0 Å². The largest absolute Gasteiger partial charge is 0.354 e. The topological polar surface area (TPSA) is 64.7 Å². The molecule has 0 atom stereocenters. The van der Waals surface area contributed by atoms with Crippen molar-refractivity contribution in [3.05, 3.63) is 59.4 Å². The predicted molar refractivity (Wildman–Crippen MR) is 112 cm³/mol. The van der Waals surface area contributed by atoms with Crippen molar-refractivity contribution in [1.29, 1.82) is 0 Å². The Kier molecular flexibility index (Phi) is 5.25. The van der Waals surface area contributed by atoms with Crippen LogP contribution in [-0.4, -0.2) is 31.8 Å². The minimum atomic E-state index is -0.00525. The van der Waals surface area contributed by atoms with Gasteiger partial charge >= 0.3 is 0 Å². The number of rotatable bonds is 7. The summed E-state index contributed by atoms with van der Waals surface area (Å²) in [4.78, 5) is 18.2. The summed E-state index contributed by atoms with van der Waals surface area (Å²) in [5.74, 6) is -0.00525. The number of pyridine rings is 1. The van der Waals surface area contributed by atoms with Gasteiger partial charge in [-0.1, -0.05) is 6.07 Å². The Morgan fingerprint density at radius 3 is 2.86 bits per heavy atom. The molecule has 0 aromatic carbocycles. The zero-order valence-corrected chi connectivity index (χ0v) is 16.9. The van der Waals surface area contributed by atoms with E-state index in [0.29, 0.717) is 6.54 Å². The maximum absolute atomic E-state index is 12.6. The molecule has 4 aromatic heterocycles. The highest BCUT2D eigenvalue weighted by Gasteiger charge is 2.15. The number of nitrogens with one attached hydrogen (secondary N) is 1. The first-order valence-electron chi connectivity index (χ1n) is 9.38. The number of carbonyl (C=O) groups excluding carboxylic acids is 1. The fraction of sp³-hybridized carbons (Fsp3) is 0.286. The van der Waals surface area contributed by atoms with Gasteiger partial charge in [0.05, 0.1) is 16.3 Å². The van der Waals surface area contributed by atoms with Crippen molar-refractivity contribution in [3.63, 3.8) is 0 Å². The Morgan fingerprint density at radius 2 is 2.11 bits per heavy atom. The second kappa shape index (κ2) is 7.98. The van der Waals surface area contributed by atoms with Crippen molar-refractivity contribution in [2.75, 3.05) is 6.54 Å². The number of aryl methyl sites for hydroxylation is 3. The molecule has 0 fully saturated rings. The van der Waals surface area contributed by atoms with Crippen molar-refractivity contribution in [2.45, 2.75) is 33.4 Å². The summed E-state index contributed by atoms with van der Waals surface area (Å²) in [5.41, 5.74) is 4.04. The maximum Gasteiger partial charge on any atom is 0.240 e. The number of hydrogen-bond acceptors (Lipinski definition) is 4. The summed E-state index contributed by atoms with van der Waals surface area (Å²) < 4.78 is 3.98. The highest BCUT2D eigenvalue weighted by atomic mass is 32.1. The van der Waals surface area contributed by atoms with Crippen molar-refractivity contribution in [1.82, 2.24) is 24.6 Å². The number of aromatic nitrogens is 4. The highest BCUT2D eigenvalue weighted by molar-refractivity contribution is 7.13. The molecule has 0 unspecified atom stereocenters. The Hall–Kier alpha value is -2.93. The quantitative estimate of drug-likeness (QED) is 0.486. The van der Waals surface area contributed by atoms with Gasteiger partial charge in [0.2, 0.25) is 5.91 Å². The molecule has 7 heteroatoms. The van der Waals surface area contributed by atoms with Gasteiger partial charge in [0.15, 0.2) is 0 Å². The zero-order valence-electron chi connectivity index (χ0n) is 16.1. The lowest BCUT2D eigenvalue weighted by Gasteiger charge is -2.10. The molecule has 0 aliphatic heterocycles. The fourth-order valence-corrected chi connectivity index (χ4v) is 4.18. The van der Waals surface area contributed by atoms with Crippen LogP contribution in [0, 0.1) is 13.8 Å². The number of carbonyl (C=O) groups is 1. The minimum absolute atomic E-state index is 0.00525. The lowest BCUT2D eigenvalue weighted by molar-refractivity contribution is -0.121. The van der Waals surface area contributed by atoms with Gasteiger partial charge in [-0.2, -0.15) is 5.10 Å². The Balaban J connectivity index is 1.42. The van der Waals surface area contributed by atoms with Crippen molar-refractivity contribution >= 4 is 28.3 Å². The van der Waals surface area contributed by atoms with Crippen LogP contribution < -0.4 is 5.32 Å².